The molecule has 1 atom stereocenters. The van der Waals surface area contributed by atoms with Gasteiger partial charge in [0, 0.05) is 12.0 Å². The highest BCUT2D eigenvalue weighted by Crippen LogP contribution is 2.32. The Morgan fingerprint density at radius 2 is 1.87 bits per heavy atom. The molecule has 0 aliphatic carbocycles. The summed E-state index contributed by atoms with van der Waals surface area (Å²) in [4.78, 5) is 2.44. The minimum absolute atomic E-state index is 0.0805. The highest BCUT2D eigenvalue weighted by Gasteiger charge is 2.40. The first-order valence-electron chi connectivity index (χ1n) is 6.07. The Bertz CT molecular complexity index is 221. The third kappa shape index (κ3) is 2.35. The van der Waals surface area contributed by atoms with Crippen molar-refractivity contribution in [2.75, 3.05) is 13.1 Å². The smallest absolute Gasteiger partial charge is 0.0832 e. The molecule has 1 saturated heterocycles. The van der Waals surface area contributed by atoms with Crippen LogP contribution in [0.15, 0.2) is 0 Å². The van der Waals surface area contributed by atoms with Crippen LogP contribution in [0.1, 0.15) is 46.0 Å². The number of aliphatic hydroxyl groups is 1. The van der Waals surface area contributed by atoms with Crippen LogP contribution >= 0.6 is 0 Å². The average Bonchev–Trinajstić information content (AvgIpc) is 2.75. The van der Waals surface area contributed by atoms with Gasteiger partial charge < -0.3 is 5.11 Å². The molecule has 0 radical (unpaired) electrons. The van der Waals surface area contributed by atoms with E-state index in [1.54, 1.807) is 0 Å². The van der Waals surface area contributed by atoms with E-state index in [-0.39, 0.29) is 11.6 Å². The van der Waals surface area contributed by atoms with Crippen molar-refractivity contribution < 1.29 is 5.11 Å². The average molecular weight is 209 g/mol. The van der Waals surface area contributed by atoms with Gasteiger partial charge in [0.15, 0.2) is 0 Å². The fraction of sp³-hybridized carbons (Fsp3) is 0.846. The molecular formula is C13H23NO. The second-order valence-electron chi connectivity index (χ2n) is 4.43. The van der Waals surface area contributed by atoms with E-state index in [0.717, 1.165) is 25.9 Å². The topological polar surface area (TPSA) is 23.5 Å². The van der Waals surface area contributed by atoms with Crippen LogP contribution in [0.4, 0.5) is 0 Å². The molecule has 1 heterocycles. The first-order chi connectivity index (χ1) is 7.21. The van der Waals surface area contributed by atoms with E-state index in [0.29, 0.717) is 6.42 Å². The summed E-state index contributed by atoms with van der Waals surface area (Å²) in [6, 6.07) is 0. The molecule has 2 nitrogen and oxygen atoms in total. The van der Waals surface area contributed by atoms with Crippen LogP contribution in [0, 0.1) is 12.3 Å². The molecule has 1 N–H and O–H groups in total. The molecule has 1 rings (SSSR count). The Kier molecular flexibility index (Phi) is 4.63. The molecule has 1 unspecified atom stereocenters. The molecule has 0 spiro atoms. The van der Waals surface area contributed by atoms with Gasteiger partial charge in [-0.05, 0) is 38.8 Å². The van der Waals surface area contributed by atoms with Crippen LogP contribution in [-0.2, 0) is 0 Å². The van der Waals surface area contributed by atoms with Crippen LogP contribution in [0.3, 0.4) is 0 Å². The van der Waals surface area contributed by atoms with Crippen molar-refractivity contribution in [2.45, 2.75) is 57.6 Å². The van der Waals surface area contributed by atoms with Gasteiger partial charge in [0.25, 0.3) is 0 Å². The Labute approximate surface area is 93.7 Å². The van der Waals surface area contributed by atoms with Gasteiger partial charge in [0.2, 0.25) is 0 Å². The maximum Gasteiger partial charge on any atom is 0.0832 e. The summed E-state index contributed by atoms with van der Waals surface area (Å²) in [7, 11) is 0. The zero-order valence-electron chi connectivity index (χ0n) is 10.00. The number of rotatable bonds is 5. The summed E-state index contributed by atoms with van der Waals surface area (Å²) < 4.78 is 0. The monoisotopic (exact) mass is 209 g/mol. The van der Waals surface area contributed by atoms with E-state index < -0.39 is 0 Å². The van der Waals surface area contributed by atoms with Crippen molar-refractivity contribution in [1.29, 1.82) is 0 Å². The van der Waals surface area contributed by atoms with Gasteiger partial charge in [0.1, 0.15) is 0 Å². The fourth-order valence-corrected chi connectivity index (χ4v) is 2.84. The van der Waals surface area contributed by atoms with Gasteiger partial charge in [-0.25, -0.2) is 0 Å². The van der Waals surface area contributed by atoms with Crippen molar-refractivity contribution >= 4 is 0 Å². The molecule has 86 valence electrons. The summed E-state index contributed by atoms with van der Waals surface area (Å²) >= 11 is 0. The van der Waals surface area contributed by atoms with Crippen molar-refractivity contribution in [3.05, 3.63) is 0 Å². The summed E-state index contributed by atoms with van der Waals surface area (Å²) in [5, 5.41) is 10.2. The van der Waals surface area contributed by atoms with Crippen molar-refractivity contribution in [1.82, 2.24) is 4.90 Å². The molecule has 1 aliphatic rings. The SMILES string of the molecule is C#CCC(O)C(CC)(CC)N1CCCC1. The molecule has 2 heteroatoms. The van der Waals surface area contributed by atoms with Crippen molar-refractivity contribution in [3.8, 4) is 12.3 Å². The Hall–Kier alpha value is -0.520. The largest absolute Gasteiger partial charge is 0.390 e. The maximum atomic E-state index is 10.2. The minimum atomic E-state index is -0.379. The molecule has 0 bridgehead atoms. The molecule has 1 aliphatic heterocycles. The molecular weight excluding hydrogens is 186 g/mol. The van der Waals surface area contributed by atoms with Gasteiger partial charge in [-0.2, -0.15) is 0 Å². The Morgan fingerprint density at radius 1 is 1.33 bits per heavy atom. The molecule has 0 amide bonds. The number of hydrogen-bond donors (Lipinski definition) is 1. The number of terminal acetylenes is 1. The zero-order chi connectivity index (χ0) is 11.3. The summed E-state index contributed by atoms with van der Waals surface area (Å²) in [5.41, 5.74) is -0.0805. The lowest BCUT2D eigenvalue weighted by molar-refractivity contribution is -0.0245. The third-order valence-electron chi connectivity index (χ3n) is 3.89. The summed E-state index contributed by atoms with van der Waals surface area (Å²) in [6.45, 7) is 6.54. The molecule has 0 saturated carbocycles. The van der Waals surface area contributed by atoms with E-state index in [4.69, 9.17) is 6.42 Å². The molecule has 1 fully saturated rings. The van der Waals surface area contributed by atoms with Crippen LogP contribution in [0.2, 0.25) is 0 Å². The van der Waals surface area contributed by atoms with Gasteiger partial charge in [-0.3, -0.25) is 4.90 Å². The second-order valence-corrected chi connectivity index (χ2v) is 4.43. The van der Waals surface area contributed by atoms with Crippen molar-refractivity contribution in [2.24, 2.45) is 0 Å². The second kappa shape index (κ2) is 5.53. The number of aliphatic hydroxyl groups excluding tert-OH is 1. The number of nitrogens with zero attached hydrogens (tertiary/aromatic N) is 1. The minimum Gasteiger partial charge on any atom is -0.390 e. The van der Waals surface area contributed by atoms with Gasteiger partial charge in [-0.1, -0.05) is 13.8 Å². The standard InChI is InChI=1S/C13H23NO/c1-4-9-12(15)13(5-2,6-3)14-10-7-8-11-14/h1,12,15H,5-11H2,2-3H3. The third-order valence-corrected chi connectivity index (χ3v) is 3.89. The van der Waals surface area contributed by atoms with E-state index in [1.807, 2.05) is 0 Å². The highest BCUT2D eigenvalue weighted by molar-refractivity contribution is 5.01. The van der Waals surface area contributed by atoms with Crippen molar-refractivity contribution in [3.63, 3.8) is 0 Å². The molecule has 0 aromatic rings. The normalized spacial score (nSPS) is 20.1. The van der Waals surface area contributed by atoms with Crippen LogP contribution in [0.25, 0.3) is 0 Å². The lowest BCUT2D eigenvalue weighted by atomic mass is 9.83. The lowest BCUT2D eigenvalue weighted by Crippen LogP contribution is -2.54. The van der Waals surface area contributed by atoms with E-state index in [9.17, 15) is 5.11 Å². The number of hydrogen-bond acceptors (Lipinski definition) is 2. The van der Waals surface area contributed by atoms with E-state index in [1.165, 1.54) is 12.8 Å². The van der Waals surface area contributed by atoms with E-state index >= 15 is 0 Å². The molecule has 15 heavy (non-hydrogen) atoms. The fourth-order valence-electron chi connectivity index (χ4n) is 2.84. The maximum absolute atomic E-state index is 10.2. The predicted molar refractivity (Wildman–Crippen MR) is 63.6 cm³/mol. The van der Waals surface area contributed by atoms with Gasteiger partial charge in [0.05, 0.1) is 6.10 Å². The van der Waals surface area contributed by atoms with Crippen LogP contribution in [0.5, 0.6) is 0 Å². The molecule has 0 aromatic heterocycles. The van der Waals surface area contributed by atoms with Gasteiger partial charge >= 0.3 is 0 Å². The summed E-state index contributed by atoms with van der Waals surface area (Å²) in [5.74, 6) is 2.59. The first-order valence-corrected chi connectivity index (χ1v) is 6.07. The van der Waals surface area contributed by atoms with Crippen LogP contribution in [-0.4, -0.2) is 34.7 Å². The van der Waals surface area contributed by atoms with Gasteiger partial charge in [-0.15, -0.1) is 12.3 Å². The Balaban J connectivity index is 2.80. The Morgan fingerprint density at radius 3 is 2.27 bits per heavy atom. The first kappa shape index (κ1) is 12.5. The summed E-state index contributed by atoms with van der Waals surface area (Å²) in [6.07, 6.45) is 9.86. The van der Waals surface area contributed by atoms with Crippen LogP contribution < -0.4 is 0 Å². The predicted octanol–water partition coefficient (Wildman–Crippen LogP) is 2.03. The lowest BCUT2D eigenvalue weighted by Gasteiger charge is -2.44. The van der Waals surface area contributed by atoms with E-state index in [2.05, 4.69) is 24.7 Å². The highest BCUT2D eigenvalue weighted by atomic mass is 16.3. The zero-order valence-corrected chi connectivity index (χ0v) is 10.00. The quantitative estimate of drug-likeness (QED) is 0.700. The number of likely N-dealkylation sites (tertiary alicyclic amines) is 1. The molecule has 0 aromatic carbocycles.